The van der Waals surface area contributed by atoms with Crippen LogP contribution in [0.3, 0.4) is 0 Å². The van der Waals surface area contributed by atoms with Gasteiger partial charge in [0.2, 0.25) is 0 Å². The molecule has 0 radical (unpaired) electrons. The van der Waals surface area contributed by atoms with Gasteiger partial charge in [0.25, 0.3) is 0 Å². The minimum Gasteiger partial charge on any atom is -0.357 e. The normalized spacial score (nSPS) is 11.0. The van der Waals surface area contributed by atoms with Crippen molar-refractivity contribution in [2.45, 2.75) is 26.4 Å². The van der Waals surface area contributed by atoms with Crippen LogP contribution in [0.1, 0.15) is 13.3 Å². The molecular weight excluding hydrogens is 391 g/mol. The van der Waals surface area contributed by atoms with Crippen LogP contribution < -0.4 is 10.6 Å². The first-order valence-corrected chi connectivity index (χ1v) is 7.49. The third-order valence-corrected chi connectivity index (χ3v) is 3.05. The number of aromatic nitrogens is 3. The molecule has 0 atom stereocenters. The average molecular weight is 416 g/mol. The second-order valence-electron chi connectivity index (χ2n) is 4.73. The Hall–Kier alpha value is -1.51. The van der Waals surface area contributed by atoms with Crippen LogP contribution in [0.5, 0.6) is 0 Å². The van der Waals surface area contributed by atoms with E-state index in [1.54, 1.807) is 6.20 Å². The maximum Gasteiger partial charge on any atom is 0.191 e. The zero-order valence-corrected chi connectivity index (χ0v) is 15.3. The Labute approximate surface area is 149 Å². The van der Waals surface area contributed by atoms with E-state index < -0.39 is 0 Å². The monoisotopic (exact) mass is 416 g/mol. The molecule has 0 saturated carbocycles. The molecule has 6 nitrogen and oxygen atoms in total. The Balaban J connectivity index is 0.00000242. The lowest BCUT2D eigenvalue weighted by molar-refractivity contribution is 0.583. The zero-order chi connectivity index (χ0) is 14.8. The Morgan fingerprint density at radius 1 is 1.09 bits per heavy atom. The number of nitrogens with zero attached hydrogens (tertiary/aromatic N) is 4. The molecule has 2 rings (SSSR count). The molecule has 22 heavy (non-hydrogen) atoms. The fourth-order valence-corrected chi connectivity index (χ4v) is 2.02. The Morgan fingerprint density at radius 2 is 1.91 bits per heavy atom. The molecule has 2 aromatic rings. The predicted octanol–water partition coefficient (Wildman–Crippen LogP) is 1.95. The molecule has 0 aromatic carbocycles. The summed E-state index contributed by atoms with van der Waals surface area (Å²) in [5.74, 6) is 0.880. The first-order valence-electron chi connectivity index (χ1n) is 7.49. The Kier molecular flexibility index (Phi) is 9.36. The van der Waals surface area contributed by atoms with E-state index in [-0.39, 0.29) is 24.0 Å². The molecule has 0 bridgehead atoms. The molecule has 0 amide bonds. The summed E-state index contributed by atoms with van der Waals surface area (Å²) in [6.45, 7) is 6.43. The van der Waals surface area contributed by atoms with Gasteiger partial charge in [-0.2, -0.15) is 5.10 Å². The minimum atomic E-state index is 0. The molecule has 0 fully saturated rings. The van der Waals surface area contributed by atoms with Crippen molar-refractivity contribution in [1.29, 1.82) is 0 Å². The lowest BCUT2D eigenvalue weighted by Crippen LogP contribution is -2.38. The maximum atomic E-state index is 4.58. The molecule has 0 saturated heterocycles. The summed E-state index contributed by atoms with van der Waals surface area (Å²) >= 11 is 0. The van der Waals surface area contributed by atoms with Gasteiger partial charge in [0.05, 0.1) is 0 Å². The van der Waals surface area contributed by atoms with E-state index in [9.17, 15) is 0 Å². The van der Waals surface area contributed by atoms with Crippen molar-refractivity contribution >= 4 is 29.9 Å². The fourth-order valence-electron chi connectivity index (χ4n) is 2.02. The van der Waals surface area contributed by atoms with E-state index >= 15 is 0 Å². The van der Waals surface area contributed by atoms with E-state index in [2.05, 4.69) is 44.6 Å². The lowest BCUT2D eigenvalue weighted by Gasteiger charge is -2.11. The van der Waals surface area contributed by atoms with E-state index in [0.717, 1.165) is 45.1 Å². The van der Waals surface area contributed by atoms with Gasteiger partial charge < -0.3 is 15.2 Å². The fraction of sp³-hybridized carbons (Fsp3) is 0.467. The van der Waals surface area contributed by atoms with Crippen LogP contribution in [0.15, 0.2) is 48.0 Å². The molecule has 122 valence electrons. The number of hydrogen-bond donors (Lipinski definition) is 2. The smallest absolute Gasteiger partial charge is 0.191 e. The van der Waals surface area contributed by atoms with Crippen LogP contribution in [-0.4, -0.2) is 39.9 Å². The molecule has 0 aliphatic heterocycles. The first-order chi connectivity index (χ1) is 10.4. The number of hydrogen-bond acceptors (Lipinski definition) is 2. The summed E-state index contributed by atoms with van der Waals surface area (Å²) in [5.41, 5.74) is 0. The summed E-state index contributed by atoms with van der Waals surface area (Å²) < 4.78 is 4.08. The van der Waals surface area contributed by atoms with Gasteiger partial charge in [0.1, 0.15) is 0 Å². The van der Waals surface area contributed by atoms with Gasteiger partial charge in [-0.15, -0.1) is 24.0 Å². The molecule has 0 aliphatic rings. The van der Waals surface area contributed by atoms with E-state index in [1.165, 1.54) is 0 Å². The van der Waals surface area contributed by atoms with Gasteiger partial charge in [-0.3, -0.25) is 9.67 Å². The quantitative estimate of drug-likeness (QED) is 0.299. The molecule has 7 heteroatoms. The molecule has 2 aromatic heterocycles. The molecule has 2 heterocycles. The third kappa shape index (κ3) is 6.97. The van der Waals surface area contributed by atoms with Crippen molar-refractivity contribution in [1.82, 2.24) is 25.0 Å². The highest BCUT2D eigenvalue weighted by Gasteiger charge is 1.97. The number of aryl methyl sites for hydroxylation is 1. The van der Waals surface area contributed by atoms with Crippen LogP contribution in [0.2, 0.25) is 0 Å². The Bertz CT molecular complexity index is 506. The number of halogens is 1. The van der Waals surface area contributed by atoms with Gasteiger partial charge in [0.15, 0.2) is 5.96 Å². The number of nitrogens with one attached hydrogen (secondary N) is 2. The summed E-state index contributed by atoms with van der Waals surface area (Å²) in [5, 5.41) is 10.8. The first kappa shape index (κ1) is 18.5. The van der Waals surface area contributed by atoms with Crippen molar-refractivity contribution in [3.8, 4) is 0 Å². The maximum absolute atomic E-state index is 4.58. The van der Waals surface area contributed by atoms with E-state index in [4.69, 9.17) is 0 Å². The van der Waals surface area contributed by atoms with Gasteiger partial charge >= 0.3 is 0 Å². The highest BCUT2D eigenvalue weighted by Crippen LogP contribution is 1.91. The van der Waals surface area contributed by atoms with Crippen LogP contribution >= 0.6 is 24.0 Å². The highest BCUT2D eigenvalue weighted by atomic mass is 127. The topological polar surface area (TPSA) is 59.2 Å². The third-order valence-electron chi connectivity index (χ3n) is 3.05. The summed E-state index contributed by atoms with van der Waals surface area (Å²) in [6.07, 6.45) is 8.89. The van der Waals surface area contributed by atoms with Gasteiger partial charge in [-0.05, 0) is 31.5 Å². The van der Waals surface area contributed by atoms with E-state index in [0.29, 0.717) is 0 Å². The van der Waals surface area contributed by atoms with Gasteiger partial charge in [-0.1, -0.05) is 0 Å². The molecular formula is C15H25IN6. The SMILES string of the molecule is CCNC(=NCCCn1cccn1)NCCn1cccc1.I. The highest BCUT2D eigenvalue weighted by molar-refractivity contribution is 14.0. The van der Waals surface area contributed by atoms with Gasteiger partial charge in [0, 0.05) is 57.5 Å². The second kappa shape index (κ2) is 11.1. The van der Waals surface area contributed by atoms with Gasteiger partial charge in [-0.25, -0.2) is 0 Å². The van der Waals surface area contributed by atoms with Crippen molar-refractivity contribution in [2.24, 2.45) is 4.99 Å². The standard InChI is InChI=1S/C15H24N6.HI/c1-2-16-15(18-9-14-20-10-3-4-11-20)17-7-5-12-21-13-6-8-19-21;/h3-4,6,8,10-11,13H,2,5,7,9,12,14H2,1H3,(H2,16,17,18);1H. The summed E-state index contributed by atoms with van der Waals surface area (Å²) in [6, 6.07) is 6.01. The van der Waals surface area contributed by atoms with Crippen LogP contribution in [-0.2, 0) is 13.1 Å². The predicted molar refractivity (Wildman–Crippen MR) is 101 cm³/mol. The molecule has 0 spiro atoms. The van der Waals surface area contributed by atoms with Crippen molar-refractivity contribution < 1.29 is 0 Å². The molecule has 0 unspecified atom stereocenters. The van der Waals surface area contributed by atoms with E-state index in [1.807, 2.05) is 29.1 Å². The Morgan fingerprint density at radius 3 is 2.59 bits per heavy atom. The van der Waals surface area contributed by atoms with Crippen molar-refractivity contribution in [3.05, 3.63) is 43.0 Å². The minimum absolute atomic E-state index is 0. The van der Waals surface area contributed by atoms with Crippen LogP contribution in [0.4, 0.5) is 0 Å². The van der Waals surface area contributed by atoms with Crippen LogP contribution in [0, 0.1) is 0 Å². The van der Waals surface area contributed by atoms with Crippen molar-refractivity contribution in [2.75, 3.05) is 19.6 Å². The molecule has 0 aliphatic carbocycles. The largest absolute Gasteiger partial charge is 0.357 e. The summed E-state index contributed by atoms with van der Waals surface area (Å²) in [4.78, 5) is 4.58. The zero-order valence-electron chi connectivity index (χ0n) is 13.0. The van der Waals surface area contributed by atoms with Crippen molar-refractivity contribution in [3.63, 3.8) is 0 Å². The lowest BCUT2D eigenvalue weighted by atomic mass is 10.4. The number of guanidine groups is 1. The number of rotatable bonds is 8. The summed E-state index contributed by atoms with van der Waals surface area (Å²) in [7, 11) is 0. The second-order valence-corrected chi connectivity index (χ2v) is 4.73. The number of aliphatic imine (C=N–C) groups is 1. The molecule has 2 N–H and O–H groups in total. The van der Waals surface area contributed by atoms with Crippen LogP contribution in [0.25, 0.3) is 0 Å². The average Bonchev–Trinajstić information content (AvgIpc) is 3.17.